The minimum atomic E-state index is -0.831. The van der Waals surface area contributed by atoms with E-state index in [1.165, 1.54) is 25.7 Å². The Labute approximate surface area is 195 Å². The number of esters is 1. The van der Waals surface area contributed by atoms with Gasteiger partial charge >= 0.3 is 5.97 Å². The first-order chi connectivity index (χ1) is 15.5. The second-order valence-electron chi connectivity index (χ2n) is 10.0. The maximum Gasteiger partial charge on any atom is 0.316 e. The van der Waals surface area contributed by atoms with E-state index in [4.69, 9.17) is 4.74 Å². The van der Waals surface area contributed by atoms with Crippen molar-refractivity contribution in [3.63, 3.8) is 0 Å². The first kappa shape index (κ1) is 26.6. The number of carbonyl (C=O) groups is 1. The molecule has 4 nitrogen and oxygen atoms in total. The van der Waals surface area contributed by atoms with Gasteiger partial charge in [-0.2, -0.15) is 0 Å². The molecule has 1 aliphatic carbocycles. The van der Waals surface area contributed by atoms with Gasteiger partial charge in [-0.25, -0.2) is 0 Å². The molecule has 0 spiro atoms. The first-order valence-corrected chi connectivity index (χ1v) is 12.6. The number of hydrogen-bond acceptors (Lipinski definition) is 4. The number of aliphatic hydroxyl groups excluding tert-OH is 2. The number of hydrogen-bond donors (Lipinski definition) is 2. The van der Waals surface area contributed by atoms with E-state index in [-0.39, 0.29) is 25.8 Å². The summed E-state index contributed by atoms with van der Waals surface area (Å²) in [5, 5.41) is 19.2. The number of benzene rings is 1. The predicted molar refractivity (Wildman–Crippen MR) is 130 cm³/mol. The Morgan fingerprint density at radius 3 is 2.38 bits per heavy atom. The molecule has 1 atom stereocenters. The normalized spacial score (nSPS) is 17.0. The minimum absolute atomic E-state index is 0.0126. The number of unbranched alkanes of at least 4 members (excludes halogenated alkanes) is 2. The molecule has 0 aliphatic heterocycles. The summed E-state index contributed by atoms with van der Waals surface area (Å²) in [6.45, 7) is 3.46. The summed E-state index contributed by atoms with van der Waals surface area (Å²) in [6, 6.07) is 10.0. The molecule has 0 amide bonds. The van der Waals surface area contributed by atoms with Crippen molar-refractivity contribution in [3.8, 4) is 0 Å². The molecular weight excluding hydrogens is 400 g/mol. The van der Waals surface area contributed by atoms with Crippen molar-refractivity contribution in [2.45, 2.75) is 89.9 Å². The summed E-state index contributed by atoms with van der Waals surface area (Å²) in [7, 11) is 0. The molecule has 0 radical (unpaired) electrons. The summed E-state index contributed by atoms with van der Waals surface area (Å²) in [6.07, 6.45) is 16.5. The van der Waals surface area contributed by atoms with Gasteiger partial charge < -0.3 is 14.9 Å². The van der Waals surface area contributed by atoms with Gasteiger partial charge in [-0.1, -0.05) is 101 Å². The molecule has 1 saturated carbocycles. The van der Waals surface area contributed by atoms with Crippen LogP contribution >= 0.6 is 0 Å². The molecule has 32 heavy (non-hydrogen) atoms. The Morgan fingerprint density at radius 1 is 1.06 bits per heavy atom. The van der Waals surface area contributed by atoms with Crippen molar-refractivity contribution in [2.75, 3.05) is 19.8 Å². The van der Waals surface area contributed by atoms with Crippen molar-refractivity contribution in [1.29, 1.82) is 0 Å². The van der Waals surface area contributed by atoms with Crippen LogP contribution in [0.3, 0.4) is 0 Å². The summed E-state index contributed by atoms with van der Waals surface area (Å²) < 4.78 is 5.79. The Hall–Kier alpha value is -1.65. The van der Waals surface area contributed by atoms with Gasteiger partial charge in [0.25, 0.3) is 0 Å². The zero-order valence-electron chi connectivity index (χ0n) is 20.2. The van der Waals surface area contributed by atoms with Crippen LogP contribution in [0.4, 0.5) is 0 Å². The molecule has 1 aromatic rings. The van der Waals surface area contributed by atoms with Gasteiger partial charge in [-0.15, -0.1) is 0 Å². The minimum Gasteiger partial charge on any atom is -0.464 e. The highest BCUT2D eigenvalue weighted by Gasteiger charge is 2.41. The Bertz CT molecular complexity index is 674. The van der Waals surface area contributed by atoms with Gasteiger partial charge in [0.2, 0.25) is 0 Å². The van der Waals surface area contributed by atoms with Crippen LogP contribution in [-0.4, -0.2) is 36.0 Å². The largest absolute Gasteiger partial charge is 0.464 e. The average Bonchev–Trinajstić information content (AvgIpc) is 3.35. The summed E-state index contributed by atoms with van der Waals surface area (Å²) >= 11 is 0. The molecule has 4 heteroatoms. The number of aliphatic hydroxyl groups is 2. The van der Waals surface area contributed by atoms with E-state index in [0.717, 1.165) is 50.0 Å². The van der Waals surface area contributed by atoms with Gasteiger partial charge in [-0.05, 0) is 37.2 Å². The quantitative estimate of drug-likeness (QED) is 0.199. The van der Waals surface area contributed by atoms with E-state index in [2.05, 4.69) is 19.1 Å². The van der Waals surface area contributed by atoms with Gasteiger partial charge in [0.1, 0.15) is 6.61 Å². The van der Waals surface area contributed by atoms with E-state index in [9.17, 15) is 15.0 Å². The highest BCUT2D eigenvalue weighted by atomic mass is 16.5. The zero-order valence-corrected chi connectivity index (χ0v) is 20.2. The fourth-order valence-corrected chi connectivity index (χ4v) is 4.67. The maximum atomic E-state index is 13.6. The Morgan fingerprint density at radius 2 is 1.75 bits per heavy atom. The van der Waals surface area contributed by atoms with Crippen LogP contribution in [0.5, 0.6) is 0 Å². The molecule has 0 saturated heterocycles. The zero-order chi connectivity index (χ0) is 23.3. The standard InChI is InChI=1S/C28H44O4/c1-3-4-12-19-28(25-17-8-5-9-18-25,26(31)32-23-27(2,21-29)22-30)20-13-6-7-14-24-15-10-11-16-24/h5-9,17-18,24,29-30H,3-4,10-16,19-23H2,1-2H3. The van der Waals surface area contributed by atoms with Crippen LogP contribution in [0.1, 0.15) is 90.0 Å². The van der Waals surface area contributed by atoms with Gasteiger partial charge in [0, 0.05) is 5.41 Å². The molecular formula is C28H44O4. The van der Waals surface area contributed by atoms with E-state index in [1.807, 2.05) is 30.3 Å². The van der Waals surface area contributed by atoms with Crippen molar-refractivity contribution >= 4 is 5.97 Å². The first-order valence-electron chi connectivity index (χ1n) is 12.6. The van der Waals surface area contributed by atoms with Crippen LogP contribution < -0.4 is 0 Å². The van der Waals surface area contributed by atoms with Crippen LogP contribution in [0.2, 0.25) is 0 Å². The highest BCUT2D eigenvalue weighted by molar-refractivity contribution is 5.83. The molecule has 2 N–H and O–H groups in total. The number of ether oxygens (including phenoxy) is 1. The number of carbonyl (C=O) groups excluding carboxylic acids is 1. The lowest BCUT2D eigenvalue weighted by molar-refractivity contribution is -0.157. The molecule has 1 unspecified atom stereocenters. The summed E-state index contributed by atoms with van der Waals surface area (Å²) in [4.78, 5) is 13.6. The van der Waals surface area contributed by atoms with E-state index in [1.54, 1.807) is 6.92 Å². The molecule has 180 valence electrons. The van der Waals surface area contributed by atoms with Gasteiger partial charge in [-0.3, -0.25) is 4.79 Å². The van der Waals surface area contributed by atoms with Crippen LogP contribution in [0.15, 0.2) is 42.5 Å². The van der Waals surface area contributed by atoms with Crippen molar-refractivity contribution in [2.24, 2.45) is 11.3 Å². The fraction of sp³-hybridized carbons (Fsp3) is 0.679. The summed E-state index contributed by atoms with van der Waals surface area (Å²) in [5.41, 5.74) is -0.539. The molecule has 0 aromatic heterocycles. The van der Waals surface area contributed by atoms with E-state index >= 15 is 0 Å². The second kappa shape index (κ2) is 13.8. The monoisotopic (exact) mass is 444 g/mol. The third-order valence-corrected chi connectivity index (χ3v) is 7.09. The van der Waals surface area contributed by atoms with Gasteiger partial charge in [0.15, 0.2) is 0 Å². The average molecular weight is 445 g/mol. The lowest BCUT2D eigenvalue weighted by Gasteiger charge is -2.34. The third-order valence-electron chi connectivity index (χ3n) is 7.09. The Kier molecular flexibility index (Phi) is 11.5. The molecule has 0 heterocycles. The molecule has 2 rings (SSSR count). The SMILES string of the molecule is CCCCCC(CCC=CCC1CCCC1)(C(=O)OCC(C)(CO)CO)c1ccccc1. The third kappa shape index (κ3) is 7.74. The van der Waals surface area contributed by atoms with Crippen molar-refractivity contribution in [1.82, 2.24) is 0 Å². The van der Waals surface area contributed by atoms with Crippen molar-refractivity contribution < 1.29 is 19.7 Å². The predicted octanol–water partition coefficient (Wildman–Crippen LogP) is 5.96. The van der Waals surface area contributed by atoms with E-state index < -0.39 is 10.8 Å². The smallest absolute Gasteiger partial charge is 0.316 e. The van der Waals surface area contributed by atoms with Crippen LogP contribution in [-0.2, 0) is 14.9 Å². The molecule has 0 bridgehead atoms. The lowest BCUT2D eigenvalue weighted by atomic mass is 9.72. The lowest BCUT2D eigenvalue weighted by Crippen LogP contribution is -2.41. The van der Waals surface area contributed by atoms with Crippen LogP contribution in [0, 0.1) is 11.3 Å². The molecule has 1 aliphatic rings. The fourth-order valence-electron chi connectivity index (χ4n) is 4.67. The topological polar surface area (TPSA) is 66.8 Å². The maximum absolute atomic E-state index is 13.6. The van der Waals surface area contributed by atoms with Gasteiger partial charge in [0.05, 0.1) is 18.6 Å². The number of rotatable bonds is 15. The second-order valence-corrected chi connectivity index (χ2v) is 10.0. The van der Waals surface area contributed by atoms with E-state index in [0.29, 0.717) is 6.42 Å². The van der Waals surface area contributed by atoms with Crippen molar-refractivity contribution in [3.05, 3.63) is 48.0 Å². The number of allylic oxidation sites excluding steroid dienone is 2. The molecule has 1 aromatic carbocycles. The van der Waals surface area contributed by atoms with Crippen LogP contribution in [0.25, 0.3) is 0 Å². The summed E-state index contributed by atoms with van der Waals surface area (Å²) in [5.74, 6) is 0.589. The molecule has 1 fully saturated rings. The highest BCUT2D eigenvalue weighted by Crippen LogP contribution is 2.37. The Balaban J connectivity index is 2.18.